The van der Waals surface area contributed by atoms with Gasteiger partial charge < -0.3 is 10.1 Å². The second-order valence-corrected chi connectivity index (χ2v) is 4.95. The highest BCUT2D eigenvalue weighted by Gasteiger charge is 2.20. The summed E-state index contributed by atoms with van der Waals surface area (Å²) in [6.07, 6.45) is 8.78. The highest BCUT2D eigenvalue weighted by atomic mass is 16.5. The molecule has 1 saturated carbocycles. The molecule has 18 heavy (non-hydrogen) atoms. The van der Waals surface area contributed by atoms with E-state index < -0.39 is 6.10 Å². The Morgan fingerprint density at radius 2 is 2.22 bits per heavy atom. The molecule has 0 aliphatic heterocycles. The van der Waals surface area contributed by atoms with E-state index in [1.807, 2.05) is 7.05 Å². The molecule has 1 aliphatic rings. The van der Waals surface area contributed by atoms with E-state index in [0.29, 0.717) is 11.8 Å². The molecule has 1 aromatic rings. The van der Waals surface area contributed by atoms with Crippen LogP contribution in [0.1, 0.15) is 39.0 Å². The minimum absolute atomic E-state index is 0.0363. The SMILES string of the molecule is CC(Oc1cnn(C)c1)C(=O)NC1CCCCC1. The van der Waals surface area contributed by atoms with Crippen LogP contribution in [0.5, 0.6) is 5.75 Å². The molecule has 2 rings (SSSR count). The first kappa shape index (κ1) is 12.9. The molecule has 1 fully saturated rings. The number of aromatic nitrogens is 2. The molecule has 5 nitrogen and oxygen atoms in total. The van der Waals surface area contributed by atoms with Crippen LogP contribution < -0.4 is 10.1 Å². The zero-order valence-corrected chi connectivity index (χ0v) is 11.1. The number of carbonyl (C=O) groups excluding carboxylic acids is 1. The van der Waals surface area contributed by atoms with Gasteiger partial charge in [-0.2, -0.15) is 5.10 Å². The standard InChI is InChI=1S/C13H21N3O2/c1-10(18-12-8-14-16(2)9-12)13(17)15-11-6-4-3-5-7-11/h8-11H,3-7H2,1-2H3,(H,15,17). The summed E-state index contributed by atoms with van der Waals surface area (Å²) in [4.78, 5) is 12.0. The van der Waals surface area contributed by atoms with Gasteiger partial charge in [0.2, 0.25) is 0 Å². The van der Waals surface area contributed by atoms with Crippen molar-refractivity contribution < 1.29 is 9.53 Å². The van der Waals surface area contributed by atoms with E-state index in [4.69, 9.17) is 4.74 Å². The molecule has 0 aromatic carbocycles. The summed E-state index contributed by atoms with van der Waals surface area (Å²) >= 11 is 0. The lowest BCUT2D eigenvalue weighted by atomic mass is 9.95. The summed E-state index contributed by atoms with van der Waals surface area (Å²) in [5.41, 5.74) is 0. The second kappa shape index (κ2) is 5.89. The summed E-state index contributed by atoms with van der Waals surface area (Å²) in [5.74, 6) is 0.592. The highest BCUT2D eigenvalue weighted by molar-refractivity contribution is 5.81. The van der Waals surface area contributed by atoms with Crippen molar-refractivity contribution >= 4 is 5.91 Å². The summed E-state index contributed by atoms with van der Waals surface area (Å²) in [6, 6.07) is 0.325. The molecule has 1 unspecified atom stereocenters. The van der Waals surface area contributed by atoms with Gasteiger partial charge in [0.15, 0.2) is 11.9 Å². The molecule has 1 aromatic heterocycles. The third kappa shape index (κ3) is 3.48. The van der Waals surface area contributed by atoms with Gasteiger partial charge in [0.05, 0.1) is 12.4 Å². The van der Waals surface area contributed by atoms with E-state index in [2.05, 4.69) is 10.4 Å². The van der Waals surface area contributed by atoms with Gasteiger partial charge in [-0.25, -0.2) is 0 Å². The number of carbonyl (C=O) groups is 1. The fraction of sp³-hybridized carbons (Fsp3) is 0.692. The van der Waals surface area contributed by atoms with Gasteiger partial charge in [-0.15, -0.1) is 0 Å². The summed E-state index contributed by atoms with van der Waals surface area (Å²) in [6.45, 7) is 1.77. The molecule has 0 spiro atoms. The molecule has 1 aliphatic carbocycles. The predicted octanol–water partition coefficient (Wildman–Crippen LogP) is 1.64. The number of hydrogen-bond donors (Lipinski definition) is 1. The first-order valence-electron chi connectivity index (χ1n) is 6.61. The maximum atomic E-state index is 12.0. The molecule has 1 heterocycles. The van der Waals surface area contributed by atoms with Crippen LogP contribution in [0.2, 0.25) is 0 Å². The van der Waals surface area contributed by atoms with Crippen molar-refractivity contribution in [2.24, 2.45) is 7.05 Å². The van der Waals surface area contributed by atoms with Crippen LogP contribution in [0.25, 0.3) is 0 Å². The number of amides is 1. The van der Waals surface area contributed by atoms with Crippen LogP contribution in [0.3, 0.4) is 0 Å². The molecule has 5 heteroatoms. The Balaban J connectivity index is 1.80. The van der Waals surface area contributed by atoms with Crippen molar-refractivity contribution in [3.05, 3.63) is 12.4 Å². The Labute approximate surface area is 108 Å². The lowest BCUT2D eigenvalue weighted by Gasteiger charge is -2.24. The van der Waals surface area contributed by atoms with Gasteiger partial charge in [0, 0.05) is 13.1 Å². The fourth-order valence-corrected chi connectivity index (χ4v) is 2.28. The summed E-state index contributed by atoms with van der Waals surface area (Å²) in [7, 11) is 1.82. The Kier molecular flexibility index (Phi) is 4.23. The molecule has 0 saturated heterocycles. The van der Waals surface area contributed by atoms with Gasteiger partial charge in [-0.1, -0.05) is 19.3 Å². The van der Waals surface area contributed by atoms with Crippen molar-refractivity contribution in [3.8, 4) is 5.75 Å². The van der Waals surface area contributed by atoms with Gasteiger partial charge in [-0.05, 0) is 19.8 Å². The maximum Gasteiger partial charge on any atom is 0.260 e. The monoisotopic (exact) mass is 251 g/mol. The van der Waals surface area contributed by atoms with Crippen molar-refractivity contribution in [2.75, 3.05) is 0 Å². The van der Waals surface area contributed by atoms with Crippen LogP contribution >= 0.6 is 0 Å². The van der Waals surface area contributed by atoms with Crippen molar-refractivity contribution in [3.63, 3.8) is 0 Å². The van der Waals surface area contributed by atoms with Crippen LogP contribution in [0.15, 0.2) is 12.4 Å². The largest absolute Gasteiger partial charge is 0.478 e. The van der Waals surface area contributed by atoms with Crippen molar-refractivity contribution in [1.82, 2.24) is 15.1 Å². The minimum atomic E-state index is -0.476. The fourth-order valence-electron chi connectivity index (χ4n) is 2.28. The van der Waals surface area contributed by atoms with Gasteiger partial charge in [0.25, 0.3) is 5.91 Å². The molecule has 0 bridgehead atoms. The quantitative estimate of drug-likeness (QED) is 0.885. The smallest absolute Gasteiger partial charge is 0.260 e. The number of rotatable bonds is 4. The zero-order chi connectivity index (χ0) is 13.0. The van der Waals surface area contributed by atoms with Crippen LogP contribution in [-0.4, -0.2) is 27.8 Å². The molecule has 1 atom stereocenters. The van der Waals surface area contributed by atoms with E-state index in [9.17, 15) is 4.79 Å². The lowest BCUT2D eigenvalue weighted by molar-refractivity contribution is -0.128. The van der Waals surface area contributed by atoms with Crippen LogP contribution in [0.4, 0.5) is 0 Å². The van der Waals surface area contributed by atoms with E-state index >= 15 is 0 Å². The Morgan fingerprint density at radius 3 is 2.83 bits per heavy atom. The third-order valence-corrected chi connectivity index (χ3v) is 3.31. The third-order valence-electron chi connectivity index (χ3n) is 3.31. The van der Waals surface area contributed by atoms with Crippen molar-refractivity contribution in [2.45, 2.75) is 51.2 Å². The molecular formula is C13H21N3O2. The highest BCUT2D eigenvalue weighted by Crippen LogP contribution is 2.17. The molecule has 0 radical (unpaired) electrons. The van der Waals surface area contributed by atoms with E-state index in [-0.39, 0.29) is 5.91 Å². The average molecular weight is 251 g/mol. The average Bonchev–Trinajstić information content (AvgIpc) is 2.76. The lowest BCUT2D eigenvalue weighted by Crippen LogP contribution is -2.43. The van der Waals surface area contributed by atoms with Gasteiger partial charge >= 0.3 is 0 Å². The van der Waals surface area contributed by atoms with Crippen molar-refractivity contribution in [1.29, 1.82) is 0 Å². The number of nitrogens with one attached hydrogen (secondary N) is 1. The number of nitrogens with zero attached hydrogens (tertiary/aromatic N) is 2. The Hall–Kier alpha value is -1.52. The normalized spacial score (nSPS) is 18.3. The number of hydrogen-bond acceptors (Lipinski definition) is 3. The number of aryl methyl sites for hydroxylation is 1. The molecule has 1 amide bonds. The number of ether oxygens (including phenoxy) is 1. The van der Waals surface area contributed by atoms with Crippen LogP contribution in [0, 0.1) is 0 Å². The van der Waals surface area contributed by atoms with E-state index in [1.165, 1.54) is 19.3 Å². The first-order chi connectivity index (χ1) is 8.65. The Morgan fingerprint density at radius 1 is 1.50 bits per heavy atom. The van der Waals surface area contributed by atoms with Gasteiger partial charge in [0.1, 0.15) is 0 Å². The minimum Gasteiger partial charge on any atom is -0.478 e. The summed E-state index contributed by atoms with van der Waals surface area (Å²) in [5, 5.41) is 7.06. The zero-order valence-electron chi connectivity index (χ0n) is 11.1. The van der Waals surface area contributed by atoms with Crippen LogP contribution in [-0.2, 0) is 11.8 Å². The molecule has 100 valence electrons. The van der Waals surface area contributed by atoms with E-state index in [1.54, 1.807) is 24.0 Å². The maximum absolute atomic E-state index is 12.0. The summed E-state index contributed by atoms with van der Waals surface area (Å²) < 4.78 is 7.20. The molecule has 1 N–H and O–H groups in total. The van der Waals surface area contributed by atoms with E-state index in [0.717, 1.165) is 12.8 Å². The van der Waals surface area contributed by atoms with Gasteiger partial charge in [-0.3, -0.25) is 9.48 Å². The molecular weight excluding hydrogens is 230 g/mol. The predicted molar refractivity (Wildman–Crippen MR) is 68.3 cm³/mol. The topological polar surface area (TPSA) is 56.2 Å². The first-order valence-corrected chi connectivity index (χ1v) is 6.61. The Bertz CT molecular complexity index is 397. The second-order valence-electron chi connectivity index (χ2n) is 4.95.